The van der Waals surface area contributed by atoms with Crippen molar-refractivity contribution >= 4 is 15.8 Å². The second-order valence-corrected chi connectivity index (χ2v) is 7.30. The van der Waals surface area contributed by atoms with Gasteiger partial charge in [-0.1, -0.05) is 0 Å². The average Bonchev–Trinajstić information content (AvgIpc) is 2.54. The fraction of sp³-hybridized carbons (Fsp3) is 0.278. The molecule has 0 saturated carbocycles. The minimum Gasteiger partial charge on any atom is -1.00 e. The van der Waals surface area contributed by atoms with Gasteiger partial charge in [-0.15, -0.1) is 0 Å². The van der Waals surface area contributed by atoms with Crippen LogP contribution in [-0.4, -0.2) is 6.21 Å². The zero-order valence-corrected chi connectivity index (χ0v) is 17.7. The van der Waals surface area contributed by atoms with Gasteiger partial charge in [0.1, 0.15) is 0 Å². The van der Waals surface area contributed by atoms with Crippen LogP contribution in [0.1, 0.15) is 31.9 Å². The van der Waals surface area contributed by atoms with Crippen molar-refractivity contribution < 1.29 is 67.2 Å². The number of halogens is 7. The van der Waals surface area contributed by atoms with Gasteiger partial charge < -0.3 is 24.8 Å². The van der Waals surface area contributed by atoms with Crippen molar-refractivity contribution in [3.05, 3.63) is 58.4 Å². The summed E-state index contributed by atoms with van der Waals surface area (Å²) >= 11 is 1.92. The molecule has 145 valence electrons. The molecule has 0 aliphatic heterocycles. The molecule has 2 rings (SSSR count). The Morgan fingerprint density at radius 1 is 0.889 bits per heavy atom. The Balaban J connectivity index is 0.00000338. The summed E-state index contributed by atoms with van der Waals surface area (Å²) in [5.74, 6) is -10.1. The zero-order valence-electron chi connectivity index (χ0n) is 14.6. The molecule has 0 N–H and O–H groups in total. The summed E-state index contributed by atoms with van der Waals surface area (Å²) in [4.78, 5) is 3.47. The molecule has 0 aromatic heterocycles. The molecule has 0 aliphatic carbocycles. The zero-order chi connectivity index (χ0) is 18.9. The van der Waals surface area contributed by atoms with Gasteiger partial charge in [0.05, 0.1) is 0 Å². The van der Waals surface area contributed by atoms with Crippen molar-refractivity contribution in [2.45, 2.75) is 32.6 Å². The van der Waals surface area contributed by atoms with Gasteiger partial charge in [-0.3, -0.25) is 0 Å². The van der Waals surface area contributed by atoms with Gasteiger partial charge in [-0.05, 0) is 0 Å². The maximum atomic E-state index is 13.6. The first kappa shape index (κ1) is 26.1. The first-order valence-electron chi connectivity index (χ1n) is 7.43. The molecule has 0 saturated heterocycles. The number of benzene rings is 2. The molecule has 2 aromatic rings. The van der Waals surface area contributed by atoms with Crippen LogP contribution in [-0.2, 0) is 32.3 Å². The standard InChI is InChI=1S/C18H15F5N.2ClH.Ti/c1-18(2,3)11-6-4-5-10(9-11)7-8-24-17-15(22)13(20)12(19)14(21)16(17)23;;;/h4-6,8H,7H2,1-3H3;2*1H;/q;;;+2/p-2. The van der Waals surface area contributed by atoms with Crippen LogP contribution in [0.3, 0.4) is 0 Å². The van der Waals surface area contributed by atoms with E-state index in [0.29, 0.717) is 0 Å². The molecule has 0 atom stereocenters. The maximum absolute atomic E-state index is 13.6. The summed E-state index contributed by atoms with van der Waals surface area (Å²) in [6, 6.07) is 5.67. The Morgan fingerprint density at radius 3 is 1.85 bits per heavy atom. The first-order chi connectivity index (χ1) is 11.6. The monoisotopic (exact) mass is 458 g/mol. The molecule has 0 radical (unpaired) electrons. The summed E-state index contributed by atoms with van der Waals surface area (Å²) < 4.78 is 67.5. The van der Waals surface area contributed by atoms with Gasteiger partial charge in [-0.25, -0.2) is 0 Å². The van der Waals surface area contributed by atoms with E-state index in [9.17, 15) is 22.0 Å². The van der Waals surface area contributed by atoms with Crippen LogP contribution in [0, 0.1) is 29.1 Å². The van der Waals surface area contributed by atoms with E-state index < -0.39 is 34.8 Å². The van der Waals surface area contributed by atoms with E-state index in [4.69, 9.17) is 0 Å². The van der Waals surface area contributed by atoms with Crippen LogP contribution < -0.4 is 28.7 Å². The predicted octanol–water partition coefficient (Wildman–Crippen LogP) is -1.20. The Morgan fingerprint density at radius 2 is 1.37 bits per heavy atom. The van der Waals surface area contributed by atoms with Crippen LogP contribution >= 0.6 is 0 Å². The molecular formula is C18H15Cl2F5NTi. The first-order valence-corrected chi connectivity index (χ1v) is 8.21. The van der Waals surface area contributed by atoms with Crippen LogP contribution in [0.25, 0.3) is 0 Å². The molecule has 0 aliphatic rings. The van der Waals surface area contributed by atoms with Gasteiger partial charge in [0.15, 0.2) is 0 Å². The van der Waals surface area contributed by atoms with E-state index in [1.54, 1.807) is 0 Å². The average molecular weight is 459 g/mol. The molecule has 9 heteroatoms. The Bertz CT molecular complexity index is 822. The van der Waals surface area contributed by atoms with Crippen LogP contribution in [0.15, 0.2) is 23.2 Å². The van der Waals surface area contributed by atoms with Gasteiger partial charge in [-0.2, -0.15) is 0 Å². The van der Waals surface area contributed by atoms with Crippen molar-refractivity contribution in [2.75, 3.05) is 0 Å². The molecule has 0 fully saturated rings. The van der Waals surface area contributed by atoms with E-state index in [0.717, 1.165) is 21.2 Å². The maximum Gasteiger partial charge on any atom is -1.00 e. The largest absolute Gasteiger partial charge is 1.00 e. The molecular weight excluding hydrogens is 444 g/mol. The third kappa shape index (κ3) is 5.53. The van der Waals surface area contributed by atoms with Crippen molar-refractivity contribution in [3.8, 4) is 0 Å². The number of hydrogen-bond donors (Lipinski definition) is 0. The molecule has 0 bridgehead atoms. The normalized spacial score (nSPS) is 11.3. The van der Waals surface area contributed by atoms with Crippen LogP contribution in [0.2, 0.25) is 0 Å². The fourth-order valence-electron chi connectivity index (χ4n) is 2.34. The molecule has 0 amide bonds. The van der Waals surface area contributed by atoms with Crippen LogP contribution in [0.4, 0.5) is 27.6 Å². The van der Waals surface area contributed by atoms with Crippen LogP contribution in [0.5, 0.6) is 0 Å². The van der Waals surface area contributed by atoms with E-state index in [2.05, 4.69) is 25.8 Å². The second-order valence-electron chi connectivity index (χ2n) is 6.52. The molecule has 0 unspecified atom stereocenters. The van der Waals surface area contributed by atoms with E-state index in [-0.39, 0.29) is 36.6 Å². The molecule has 0 heterocycles. The minimum atomic E-state index is -2.19. The molecule has 1 nitrogen and oxygen atoms in total. The molecule has 27 heavy (non-hydrogen) atoms. The Labute approximate surface area is 178 Å². The summed E-state index contributed by atoms with van der Waals surface area (Å²) in [7, 11) is 0. The van der Waals surface area contributed by atoms with Crippen molar-refractivity contribution in [3.63, 3.8) is 0 Å². The van der Waals surface area contributed by atoms with Gasteiger partial charge in [0, 0.05) is 0 Å². The minimum absolute atomic E-state index is 0. The molecule has 2 aromatic carbocycles. The van der Waals surface area contributed by atoms with Gasteiger partial charge >= 0.3 is 154 Å². The molecule has 0 spiro atoms. The quantitative estimate of drug-likeness (QED) is 0.180. The van der Waals surface area contributed by atoms with Crippen molar-refractivity contribution in [2.24, 2.45) is 4.99 Å². The third-order valence-electron chi connectivity index (χ3n) is 3.68. The fourth-order valence-corrected chi connectivity index (χ4v) is 3.34. The summed E-state index contributed by atoms with van der Waals surface area (Å²) in [5, 5.41) is 0. The van der Waals surface area contributed by atoms with Crippen molar-refractivity contribution in [1.29, 1.82) is 0 Å². The number of hydrogen-bond acceptors (Lipinski definition) is 1. The van der Waals surface area contributed by atoms with E-state index >= 15 is 0 Å². The number of aliphatic imine (C=N–C) groups is 1. The number of rotatable bonds is 3. The third-order valence-corrected chi connectivity index (χ3v) is 4.60. The van der Waals surface area contributed by atoms with Gasteiger partial charge in [0.25, 0.3) is 0 Å². The SMILES string of the molecule is CC(C)(C)c1cccc(CC=Nc2c(F)c(F)c(F)c(F)c2F)[c]1[Ti+2].[Cl-].[Cl-]. The van der Waals surface area contributed by atoms with E-state index in [1.807, 2.05) is 38.6 Å². The summed E-state index contributed by atoms with van der Waals surface area (Å²) in [6.07, 6.45) is 1.35. The van der Waals surface area contributed by atoms with E-state index in [1.165, 1.54) is 0 Å². The second kappa shape index (κ2) is 10.0. The topological polar surface area (TPSA) is 12.4 Å². The summed E-state index contributed by atoms with van der Waals surface area (Å²) in [6.45, 7) is 6.17. The number of nitrogens with zero attached hydrogens (tertiary/aromatic N) is 1. The van der Waals surface area contributed by atoms with Crippen molar-refractivity contribution in [1.82, 2.24) is 0 Å². The predicted molar refractivity (Wildman–Crippen MR) is 82.9 cm³/mol. The van der Waals surface area contributed by atoms with Gasteiger partial charge in [0.2, 0.25) is 0 Å². The summed E-state index contributed by atoms with van der Waals surface area (Å²) in [5.41, 5.74) is 0.703. The Kier molecular flexibility index (Phi) is 9.66. The smallest absolute Gasteiger partial charge is 1.00 e. The Hall–Kier alpha value is -0.946.